The van der Waals surface area contributed by atoms with Crippen molar-refractivity contribution in [2.75, 3.05) is 13.1 Å². The molecule has 2 heterocycles. The van der Waals surface area contributed by atoms with Gasteiger partial charge in [-0.2, -0.15) is 0 Å². The van der Waals surface area contributed by atoms with Gasteiger partial charge in [0.05, 0.1) is 35.9 Å². The number of fused-ring (bicyclic) bond motifs is 1. The number of rotatable bonds is 7. The zero-order valence-electron chi connectivity index (χ0n) is 20.4. The van der Waals surface area contributed by atoms with E-state index in [9.17, 15) is 14.4 Å². The molecule has 1 unspecified atom stereocenters. The molecule has 6 heteroatoms. The van der Waals surface area contributed by atoms with E-state index in [1.807, 2.05) is 67.6 Å². The maximum atomic E-state index is 14.0. The van der Waals surface area contributed by atoms with Crippen LogP contribution in [0, 0.1) is 11.0 Å². The van der Waals surface area contributed by atoms with Crippen LogP contribution in [0.3, 0.4) is 0 Å². The molecule has 5 rings (SSSR count). The maximum Gasteiger partial charge on any atom is 0.253 e. The van der Waals surface area contributed by atoms with Gasteiger partial charge in [-0.3, -0.25) is 4.79 Å². The van der Waals surface area contributed by atoms with E-state index in [4.69, 9.17) is 4.98 Å². The molecule has 184 valence electrons. The third kappa shape index (κ3) is 4.87. The van der Waals surface area contributed by atoms with Crippen LogP contribution in [0.5, 0.6) is 0 Å². The molecule has 1 amide bonds. The third-order valence-electron chi connectivity index (χ3n) is 7.06. The third-order valence-corrected chi connectivity index (χ3v) is 7.06. The molecule has 0 bridgehead atoms. The van der Waals surface area contributed by atoms with Gasteiger partial charge >= 0.3 is 0 Å². The van der Waals surface area contributed by atoms with Crippen molar-refractivity contribution in [2.24, 2.45) is 0 Å². The lowest BCUT2D eigenvalue weighted by Gasteiger charge is -2.39. The lowest BCUT2D eigenvalue weighted by atomic mass is 9.94. The number of hydrogen-bond donors (Lipinski definition) is 1. The fourth-order valence-corrected chi connectivity index (χ4v) is 5.23. The second kappa shape index (κ2) is 10.2. The van der Waals surface area contributed by atoms with Crippen LogP contribution in [0.4, 0.5) is 4.39 Å². The number of pyridine rings is 1. The van der Waals surface area contributed by atoms with Gasteiger partial charge < -0.3 is 15.2 Å². The van der Waals surface area contributed by atoms with E-state index in [0.717, 1.165) is 18.4 Å². The van der Waals surface area contributed by atoms with E-state index < -0.39 is 0 Å². The summed E-state index contributed by atoms with van der Waals surface area (Å²) in [5.74, 6) is -0.615. The van der Waals surface area contributed by atoms with E-state index in [1.54, 1.807) is 6.07 Å². The number of quaternary nitrogens is 1. The molecule has 1 N–H and O–H groups in total. The van der Waals surface area contributed by atoms with Gasteiger partial charge in [-0.1, -0.05) is 67.6 Å². The van der Waals surface area contributed by atoms with Crippen LogP contribution in [-0.4, -0.2) is 28.6 Å². The van der Waals surface area contributed by atoms with Crippen molar-refractivity contribution in [3.05, 3.63) is 107 Å². The van der Waals surface area contributed by atoms with Crippen LogP contribution >= 0.6 is 0 Å². The fraction of sp³-hybridized carbons (Fsp3) is 0.267. The number of aromatic nitrogens is 1. The highest BCUT2D eigenvalue weighted by Gasteiger charge is 2.30. The van der Waals surface area contributed by atoms with Crippen LogP contribution < -0.4 is 5.32 Å². The quantitative estimate of drug-likeness (QED) is 0.240. The lowest BCUT2D eigenvalue weighted by Crippen LogP contribution is -2.39. The number of amides is 1. The molecule has 3 aromatic carbocycles. The zero-order valence-corrected chi connectivity index (χ0v) is 20.4. The van der Waals surface area contributed by atoms with Crippen molar-refractivity contribution < 1.29 is 13.8 Å². The second-order valence-corrected chi connectivity index (χ2v) is 9.56. The number of nitrogens with one attached hydrogen (secondary N) is 1. The average Bonchev–Trinajstić information content (AvgIpc) is 3.33. The van der Waals surface area contributed by atoms with Crippen LogP contribution in [0.15, 0.2) is 78.9 Å². The normalized spacial score (nSPS) is 15.6. The monoisotopic (exact) mass is 483 g/mol. The van der Waals surface area contributed by atoms with Gasteiger partial charge in [0, 0.05) is 29.4 Å². The molecule has 1 aromatic heterocycles. The number of carbonyl (C=O) groups is 1. The Labute approximate surface area is 210 Å². The number of hydroxylamine groups is 3. The Kier molecular flexibility index (Phi) is 6.81. The Morgan fingerprint density at radius 2 is 1.75 bits per heavy atom. The highest BCUT2D eigenvalue weighted by atomic mass is 19.1. The Morgan fingerprint density at radius 3 is 2.47 bits per heavy atom. The Hall–Kier alpha value is -3.61. The van der Waals surface area contributed by atoms with Crippen molar-refractivity contribution in [1.29, 1.82) is 0 Å². The van der Waals surface area contributed by atoms with Crippen LogP contribution in [0.1, 0.15) is 53.7 Å². The van der Waals surface area contributed by atoms with E-state index in [-0.39, 0.29) is 29.0 Å². The summed E-state index contributed by atoms with van der Waals surface area (Å²) in [6, 6.07) is 23.2. The summed E-state index contributed by atoms with van der Waals surface area (Å²) in [5, 5.41) is 17.5. The number of likely N-dealkylation sites (tertiary alicyclic amines) is 1. The first-order valence-corrected chi connectivity index (χ1v) is 12.6. The SMILES string of the molecule is CCC(NC(=O)c1c(C[N+]2([O-])CCCC2)c(-c2ccccc2)nc2ccccc12)c1cccc(F)c1. The summed E-state index contributed by atoms with van der Waals surface area (Å²) in [5.41, 5.74) is 4.09. The number of benzene rings is 3. The molecule has 0 spiro atoms. The van der Waals surface area contributed by atoms with Gasteiger partial charge in [0.25, 0.3) is 5.91 Å². The molecule has 36 heavy (non-hydrogen) atoms. The summed E-state index contributed by atoms with van der Waals surface area (Å²) < 4.78 is 13.6. The smallest absolute Gasteiger partial charge is 0.253 e. The number of carbonyl (C=O) groups excluding carboxylic acids is 1. The predicted molar refractivity (Wildman–Crippen MR) is 140 cm³/mol. The molecule has 1 aliphatic rings. The molecule has 1 atom stereocenters. The molecule has 1 aliphatic heterocycles. The van der Waals surface area contributed by atoms with Crippen molar-refractivity contribution in [3.8, 4) is 11.3 Å². The van der Waals surface area contributed by atoms with Crippen LogP contribution in [-0.2, 0) is 6.54 Å². The minimum Gasteiger partial charge on any atom is -0.633 e. The topological polar surface area (TPSA) is 65.0 Å². The molecule has 0 saturated carbocycles. The first-order chi connectivity index (χ1) is 17.5. The van der Waals surface area contributed by atoms with Crippen LogP contribution in [0.2, 0.25) is 0 Å². The van der Waals surface area contributed by atoms with Crippen molar-refractivity contribution in [1.82, 2.24) is 10.3 Å². The van der Waals surface area contributed by atoms with Gasteiger partial charge in [0.2, 0.25) is 0 Å². The summed E-state index contributed by atoms with van der Waals surface area (Å²) in [4.78, 5) is 19.0. The van der Waals surface area contributed by atoms with Gasteiger partial charge in [-0.05, 0) is 30.2 Å². The van der Waals surface area contributed by atoms with E-state index in [1.165, 1.54) is 12.1 Å². The average molecular weight is 484 g/mol. The Bertz CT molecular complexity index is 1380. The summed E-state index contributed by atoms with van der Waals surface area (Å²) >= 11 is 0. The predicted octanol–water partition coefficient (Wildman–Crippen LogP) is 6.53. The summed E-state index contributed by atoms with van der Waals surface area (Å²) in [6.45, 7) is 3.20. The highest BCUT2D eigenvalue weighted by Crippen LogP contribution is 2.34. The minimum atomic E-state index is -0.365. The van der Waals surface area contributed by atoms with Gasteiger partial charge in [0.15, 0.2) is 0 Å². The van der Waals surface area contributed by atoms with Crippen LogP contribution in [0.25, 0.3) is 22.2 Å². The zero-order chi connectivity index (χ0) is 25.1. The largest absolute Gasteiger partial charge is 0.633 e. The molecule has 1 saturated heterocycles. The first-order valence-electron chi connectivity index (χ1n) is 12.6. The molecular formula is C30H30FN3O2. The second-order valence-electron chi connectivity index (χ2n) is 9.56. The van der Waals surface area contributed by atoms with E-state index in [2.05, 4.69) is 5.32 Å². The van der Waals surface area contributed by atoms with Gasteiger partial charge in [-0.25, -0.2) is 9.37 Å². The Balaban J connectivity index is 1.67. The first kappa shape index (κ1) is 24.1. The molecule has 0 aliphatic carbocycles. The van der Waals surface area contributed by atoms with E-state index in [0.29, 0.717) is 52.8 Å². The standard InChI is InChI=1S/C30H30FN3O2/c1-2-26(22-13-10-14-23(31)19-22)33-30(35)28-24-15-6-7-16-27(24)32-29(21-11-4-3-5-12-21)25(28)20-34(36)17-8-9-18-34/h3-7,10-16,19,26H,2,8-9,17-18,20H2,1H3,(H,33,35). The number of nitrogens with zero attached hydrogens (tertiary/aromatic N) is 2. The van der Waals surface area contributed by atoms with Crippen molar-refractivity contribution >= 4 is 16.8 Å². The van der Waals surface area contributed by atoms with Crippen molar-refractivity contribution in [2.45, 2.75) is 38.8 Å². The molecule has 1 fully saturated rings. The lowest BCUT2D eigenvalue weighted by molar-refractivity contribution is -0.881. The van der Waals surface area contributed by atoms with Gasteiger partial charge in [0.1, 0.15) is 12.4 Å². The fourth-order valence-electron chi connectivity index (χ4n) is 5.23. The van der Waals surface area contributed by atoms with Crippen molar-refractivity contribution in [3.63, 3.8) is 0 Å². The molecule has 5 nitrogen and oxygen atoms in total. The number of hydrogen-bond acceptors (Lipinski definition) is 3. The highest BCUT2D eigenvalue weighted by molar-refractivity contribution is 6.09. The Morgan fingerprint density at radius 1 is 1.03 bits per heavy atom. The molecular weight excluding hydrogens is 453 g/mol. The number of halogens is 1. The summed E-state index contributed by atoms with van der Waals surface area (Å²) in [6.07, 6.45) is 2.36. The number of para-hydroxylation sites is 1. The molecule has 4 aromatic rings. The molecule has 0 radical (unpaired) electrons. The minimum absolute atomic E-state index is 0.182. The summed E-state index contributed by atoms with van der Waals surface area (Å²) in [7, 11) is 0. The maximum absolute atomic E-state index is 14.0. The van der Waals surface area contributed by atoms with E-state index >= 15 is 0 Å². The van der Waals surface area contributed by atoms with Gasteiger partial charge in [-0.15, -0.1) is 0 Å².